The van der Waals surface area contributed by atoms with Crippen molar-refractivity contribution in [2.45, 2.75) is 26.8 Å². The summed E-state index contributed by atoms with van der Waals surface area (Å²) >= 11 is 3.31. The summed E-state index contributed by atoms with van der Waals surface area (Å²) in [5.74, 6) is -1.72. The van der Waals surface area contributed by atoms with Crippen molar-refractivity contribution in [1.82, 2.24) is 4.57 Å². The standard InChI is InChI=1S/C15H15BrF2N2O/c1-8(2)20-7-10(16)5-14(20)15(21)19-13-6-11(17)9(3)4-12(13)18/h4-8H,1-3H3,(H,19,21). The summed E-state index contributed by atoms with van der Waals surface area (Å²) in [6, 6.07) is 3.75. The van der Waals surface area contributed by atoms with Crippen LogP contribution in [0.4, 0.5) is 14.5 Å². The minimum Gasteiger partial charge on any atom is -0.340 e. The molecule has 0 aliphatic rings. The number of hydrogen-bond donors (Lipinski definition) is 1. The van der Waals surface area contributed by atoms with Crippen molar-refractivity contribution >= 4 is 27.5 Å². The number of halogens is 3. The van der Waals surface area contributed by atoms with Crippen molar-refractivity contribution in [2.24, 2.45) is 0 Å². The molecule has 21 heavy (non-hydrogen) atoms. The van der Waals surface area contributed by atoms with Crippen LogP contribution in [-0.4, -0.2) is 10.5 Å². The van der Waals surface area contributed by atoms with Gasteiger partial charge in [-0.3, -0.25) is 4.79 Å². The summed E-state index contributed by atoms with van der Waals surface area (Å²) in [6.07, 6.45) is 1.77. The fraction of sp³-hybridized carbons (Fsp3) is 0.267. The van der Waals surface area contributed by atoms with Gasteiger partial charge in [-0.1, -0.05) is 0 Å². The summed E-state index contributed by atoms with van der Waals surface area (Å²) in [4.78, 5) is 12.3. The Bertz CT molecular complexity index is 695. The van der Waals surface area contributed by atoms with Crippen molar-refractivity contribution in [1.29, 1.82) is 0 Å². The third-order valence-electron chi connectivity index (χ3n) is 3.10. The van der Waals surface area contributed by atoms with E-state index in [9.17, 15) is 13.6 Å². The Labute approximate surface area is 130 Å². The molecule has 3 nitrogen and oxygen atoms in total. The van der Waals surface area contributed by atoms with E-state index in [1.165, 1.54) is 6.92 Å². The van der Waals surface area contributed by atoms with Gasteiger partial charge in [-0.15, -0.1) is 0 Å². The number of benzene rings is 1. The second-order valence-electron chi connectivity index (χ2n) is 5.08. The minimum absolute atomic E-state index is 0.0663. The van der Waals surface area contributed by atoms with Crippen LogP contribution in [0.15, 0.2) is 28.9 Å². The van der Waals surface area contributed by atoms with Crippen LogP contribution in [0.2, 0.25) is 0 Å². The zero-order valence-corrected chi connectivity index (χ0v) is 13.5. The monoisotopic (exact) mass is 356 g/mol. The first-order valence-electron chi connectivity index (χ1n) is 6.44. The molecule has 112 valence electrons. The molecule has 0 bridgehead atoms. The lowest BCUT2D eigenvalue weighted by atomic mass is 10.2. The third-order valence-corrected chi connectivity index (χ3v) is 3.53. The average molecular weight is 357 g/mol. The van der Waals surface area contributed by atoms with Gasteiger partial charge in [0.25, 0.3) is 5.91 Å². The van der Waals surface area contributed by atoms with Crippen LogP contribution in [-0.2, 0) is 0 Å². The fourth-order valence-corrected chi connectivity index (χ4v) is 2.42. The number of amides is 1. The maximum Gasteiger partial charge on any atom is 0.272 e. The Morgan fingerprint density at radius 2 is 1.90 bits per heavy atom. The van der Waals surface area contributed by atoms with Gasteiger partial charge in [-0.2, -0.15) is 0 Å². The second kappa shape index (κ2) is 5.97. The van der Waals surface area contributed by atoms with E-state index in [-0.39, 0.29) is 17.3 Å². The summed E-state index contributed by atoms with van der Waals surface area (Å²) in [5.41, 5.74) is 0.395. The normalized spacial score (nSPS) is 11.0. The quantitative estimate of drug-likeness (QED) is 0.851. The van der Waals surface area contributed by atoms with Crippen molar-refractivity contribution in [2.75, 3.05) is 5.32 Å². The van der Waals surface area contributed by atoms with E-state index in [0.29, 0.717) is 5.69 Å². The minimum atomic E-state index is -0.663. The van der Waals surface area contributed by atoms with Crippen LogP contribution in [0.25, 0.3) is 0 Å². The topological polar surface area (TPSA) is 34.0 Å². The zero-order chi connectivity index (χ0) is 15.7. The fourth-order valence-electron chi connectivity index (χ4n) is 1.98. The van der Waals surface area contributed by atoms with Gasteiger partial charge in [-0.05, 0) is 54.4 Å². The lowest BCUT2D eigenvalue weighted by Crippen LogP contribution is -2.18. The Morgan fingerprint density at radius 3 is 2.52 bits per heavy atom. The Kier molecular flexibility index (Phi) is 4.46. The molecule has 1 heterocycles. The lowest BCUT2D eigenvalue weighted by Gasteiger charge is -2.13. The first-order valence-corrected chi connectivity index (χ1v) is 7.23. The molecule has 6 heteroatoms. The summed E-state index contributed by atoms with van der Waals surface area (Å²) < 4.78 is 29.8. The van der Waals surface area contributed by atoms with Crippen molar-refractivity contribution in [3.05, 3.63) is 51.8 Å². The number of carbonyl (C=O) groups is 1. The molecule has 1 N–H and O–H groups in total. The molecule has 1 amide bonds. The predicted molar refractivity (Wildman–Crippen MR) is 81.6 cm³/mol. The Balaban J connectivity index is 2.33. The number of hydrogen-bond acceptors (Lipinski definition) is 1. The first kappa shape index (κ1) is 15.7. The van der Waals surface area contributed by atoms with Crippen LogP contribution in [0, 0.1) is 18.6 Å². The maximum atomic E-state index is 13.8. The smallest absolute Gasteiger partial charge is 0.272 e. The molecule has 0 saturated heterocycles. The second-order valence-corrected chi connectivity index (χ2v) is 6.00. The van der Waals surface area contributed by atoms with Crippen molar-refractivity contribution < 1.29 is 13.6 Å². The van der Waals surface area contributed by atoms with E-state index in [2.05, 4.69) is 21.2 Å². The number of rotatable bonds is 3. The van der Waals surface area contributed by atoms with Crippen LogP contribution in [0.3, 0.4) is 0 Å². The van der Waals surface area contributed by atoms with Crippen molar-refractivity contribution in [3.8, 4) is 0 Å². The van der Waals surface area contributed by atoms with Crippen LogP contribution in [0.5, 0.6) is 0 Å². The highest BCUT2D eigenvalue weighted by Crippen LogP contribution is 2.23. The van der Waals surface area contributed by atoms with E-state index >= 15 is 0 Å². The van der Waals surface area contributed by atoms with Gasteiger partial charge in [0.1, 0.15) is 17.3 Å². The molecule has 1 aromatic heterocycles. The van der Waals surface area contributed by atoms with Gasteiger partial charge in [0.15, 0.2) is 0 Å². The number of anilines is 1. The van der Waals surface area contributed by atoms with E-state index in [0.717, 1.165) is 16.6 Å². The molecule has 0 saturated carbocycles. The number of aromatic nitrogens is 1. The van der Waals surface area contributed by atoms with Gasteiger partial charge in [0.05, 0.1) is 5.69 Å². The van der Waals surface area contributed by atoms with Crippen LogP contribution >= 0.6 is 15.9 Å². The molecular formula is C15H15BrF2N2O. The van der Waals surface area contributed by atoms with Gasteiger partial charge >= 0.3 is 0 Å². The average Bonchev–Trinajstić information content (AvgIpc) is 2.78. The zero-order valence-electron chi connectivity index (χ0n) is 11.9. The largest absolute Gasteiger partial charge is 0.340 e. The highest BCUT2D eigenvalue weighted by atomic mass is 79.9. The maximum absolute atomic E-state index is 13.8. The predicted octanol–water partition coefficient (Wildman–Crippen LogP) is 4.67. The van der Waals surface area contributed by atoms with E-state index in [4.69, 9.17) is 0 Å². The molecule has 0 unspecified atom stereocenters. The third kappa shape index (κ3) is 3.32. The number of nitrogens with zero attached hydrogens (tertiary/aromatic N) is 1. The molecule has 0 radical (unpaired) electrons. The molecular weight excluding hydrogens is 342 g/mol. The highest BCUT2D eigenvalue weighted by Gasteiger charge is 2.17. The summed E-state index contributed by atoms with van der Waals surface area (Å²) in [7, 11) is 0. The van der Waals surface area contributed by atoms with E-state index in [1.807, 2.05) is 13.8 Å². The van der Waals surface area contributed by atoms with Gasteiger partial charge in [-0.25, -0.2) is 8.78 Å². The van der Waals surface area contributed by atoms with Gasteiger partial charge in [0.2, 0.25) is 0 Å². The van der Waals surface area contributed by atoms with Crippen molar-refractivity contribution in [3.63, 3.8) is 0 Å². The summed E-state index contributed by atoms with van der Waals surface area (Å²) in [6.45, 7) is 5.32. The Hall–Kier alpha value is -1.69. The summed E-state index contributed by atoms with van der Waals surface area (Å²) in [5, 5.41) is 2.41. The molecule has 0 atom stereocenters. The van der Waals surface area contributed by atoms with E-state index in [1.54, 1.807) is 16.8 Å². The lowest BCUT2D eigenvalue weighted by molar-refractivity contribution is 0.101. The Morgan fingerprint density at radius 1 is 1.24 bits per heavy atom. The molecule has 0 fully saturated rings. The SMILES string of the molecule is Cc1cc(F)c(NC(=O)c2cc(Br)cn2C(C)C)cc1F. The number of carbonyl (C=O) groups excluding carboxylic acids is 1. The van der Waals surface area contributed by atoms with Gasteiger partial charge in [0, 0.05) is 22.8 Å². The van der Waals surface area contributed by atoms with Gasteiger partial charge < -0.3 is 9.88 Å². The molecule has 1 aromatic carbocycles. The number of nitrogens with one attached hydrogen (secondary N) is 1. The van der Waals surface area contributed by atoms with Crippen LogP contribution < -0.4 is 5.32 Å². The molecule has 0 spiro atoms. The first-order chi connectivity index (χ1) is 9.79. The molecule has 0 aliphatic heterocycles. The molecule has 2 aromatic rings. The highest BCUT2D eigenvalue weighted by molar-refractivity contribution is 9.10. The number of aryl methyl sites for hydroxylation is 1. The van der Waals surface area contributed by atoms with Crippen LogP contribution in [0.1, 0.15) is 35.9 Å². The molecule has 0 aliphatic carbocycles. The molecule has 2 rings (SSSR count). The van der Waals surface area contributed by atoms with E-state index < -0.39 is 17.5 Å².